The fourth-order valence-electron chi connectivity index (χ4n) is 3.35. The highest BCUT2D eigenvalue weighted by Gasteiger charge is 2.36. The third kappa shape index (κ3) is 6.66. The van der Waals surface area contributed by atoms with Crippen LogP contribution in [0.5, 0.6) is 0 Å². The molecule has 0 bridgehead atoms. The van der Waals surface area contributed by atoms with E-state index in [9.17, 15) is 0 Å². The lowest BCUT2D eigenvalue weighted by atomic mass is 9.70. The summed E-state index contributed by atoms with van der Waals surface area (Å²) in [5, 5.41) is 3.71. The summed E-state index contributed by atoms with van der Waals surface area (Å²) in [5.41, 5.74) is 0.453. The zero-order chi connectivity index (χ0) is 15.9. The fourth-order valence-corrected chi connectivity index (χ4v) is 3.35. The SMILES string of the molecule is COCCN(CC1(CNC(C)C)CCC(C)CC1)C(C)C. The monoisotopic (exact) mass is 298 g/mol. The highest BCUT2D eigenvalue weighted by molar-refractivity contribution is 4.90. The first-order chi connectivity index (χ1) is 9.88. The second-order valence-corrected chi connectivity index (χ2v) is 7.78. The van der Waals surface area contributed by atoms with Gasteiger partial charge in [-0.1, -0.05) is 33.6 Å². The van der Waals surface area contributed by atoms with Gasteiger partial charge in [0.15, 0.2) is 0 Å². The lowest BCUT2D eigenvalue weighted by molar-refractivity contribution is 0.0513. The third-order valence-corrected chi connectivity index (χ3v) is 5.07. The van der Waals surface area contributed by atoms with E-state index in [1.54, 1.807) is 7.11 Å². The van der Waals surface area contributed by atoms with E-state index in [0.29, 0.717) is 17.5 Å². The predicted octanol–water partition coefficient (Wildman–Crippen LogP) is 3.54. The number of hydrogen-bond acceptors (Lipinski definition) is 3. The molecule has 3 nitrogen and oxygen atoms in total. The molecule has 0 aromatic rings. The first kappa shape index (κ1) is 18.9. The maximum atomic E-state index is 5.30. The molecule has 0 amide bonds. The smallest absolute Gasteiger partial charge is 0.0589 e. The molecule has 1 aliphatic carbocycles. The van der Waals surface area contributed by atoms with E-state index in [2.05, 4.69) is 44.8 Å². The third-order valence-electron chi connectivity index (χ3n) is 5.07. The largest absolute Gasteiger partial charge is 0.383 e. The maximum absolute atomic E-state index is 5.30. The van der Waals surface area contributed by atoms with E-state index < -0.39 is 0 Å². The Kier molecular flexibility index (Phi) is 8.22. The van der Waals surface area contributed by atoms with Gasteiger partial charge in [0, 0.05) is 38.8 Å². The van der Waals surface area contributed by atoms with Gasteiger partial charge in [-0.2, -0.15) is 0 Å². The summed E-state index contributed by atoms with van der Waals surface area (Å²) in [6.07, 6.45) is 5.50. The normalized spacial score (nSPS) is 27.0. The Balaban J connectivity index is 2.69. The van der Waals surface area contributed by atoms with Crippen LogP contribution in [-0.2, 0) is 4.74 Å². The molecule has 3 heteroatoms. The minimum absolute atomic E-state index is 0.453. The van der Waals surface area contributed by atoms with Gasteiger partial charge in [0.05, 0.1) is 6.61 Å². The Hall–Kier alpha value is -0.120. The highest BCUT2D eigenvalue weighted by Crippen LogP contribution is 2.39. The molecule has 0 unspecified atom stereocenters. The van der Waals surface area contributed by atoms with Crippen LogP contribution in [0, 0.1) is 11.3 Å². The van der Waals surface area contributed by atoms with Gasteiger partial charge in [-0.05, 0) is 38.0 Å². The fraction of sp³-hybridized carbons (Fsp3) is 1.00. The Morgan fingerprint density at radius 3 is 2.29 bits per heavy atom. The zero-order valence-corrected chi connectivity index (χ0v) is 15.2. The van der Waals surface area contributed by atoms with Gasteiger partial charge in [0.25, 0.3) is 0 Å². The Morgan fingerprint density at radius 1 is 1.19 bits per heavy atom. The molecule has 0 atom stereocenters. The molecule has 0 saturated heterocycles. The van der Waals surface area contributed by atoms with E-state index in [1.807, 2.05) is 0 Å². The second kappa shape index (κ2) is 9.12. The molecular formula is C18H38N2O. The first-order valence-corrected chi connectivity index (χ1v) is 8.85. The van der Waals surface area contributed by atoms with Crippen molar-refractivity contribution in [3.8, 4) is 0 Å². The summed E-state index contributed by atoms with van der Waals surface area (Å²) in [6.45, 7) is 15.8. The molecule has 126 valence electrons. The average molecular weight is 299 g/mol. The lowest BCUT2D eigenvalue weighted by Gasteiger charge is -2.44. The Labute approximate surface area is 132 Å². The van der Waals surface area contributed by atoms with Gasteiger partial charge in [-0.25, -0.2) is 0 Å². The molecule has 0 spiro atoms. The van der Waals surface area contributed by atoms with Gasteiger partial charge in [0.1, 0.15) is 0 Å². The minimum Gasteiger partial charge on any atom is -0.383 e. The van der Waals surface area contributed by atoms with E-state index in [-0.39, 0.29) is 0 Å². The summed E-state index contributed by atoms with van der Waals surface area (Å²) in [6, 6.07) is 1.17. The predicted molar refractivity (Wildman–Crippen MR) is 91.8 cm³/mol. The van der Waals surface area contributed by atoms with Gasteiger partial charge >= 0.3 is 0 Å². The quantitative estimate of drug-likeness (QED) is 0.704. The molecule has 1 N–H and O–H groups in total. The summed E-state index contributed by atoms with van der Waals surface area (Å²) in [4.78, 5) is 2.61. The topological polar surface area (TPSA) is 24.5 Å². The van der Waals surface area contributed by atoms with Crippen LogP contribution in [-0.4, -0.2) is 50.3 Å². The Morgan fingerprint density at radius 2 is 1.81 bits per heavy atom. The highest BCUT2D eigenvalue weighted by atomic mass is 16.5. The van der Waals surface area contributed by atoms with E-state index in [4.69, 9.17) is 4.74 Å². The van der Waals surface area contributed by atoms with E-state index in [1.165, 1.54) is 32.2 Å². The molecule has 1 fully saturated rings. The number of hydrogen-bond donors (Lipinski definition) is 1. The molecule has 0 aromatic carbocycles. The number of methoxy groups -OCH3 is 1. The second-order valence-electron chi connectivity index (χ2n) is 7.78. The van der Waals surface area contributed by atoms with Crippen LogP contribution in [0.1, 0.15) is 60.3 Å². The number of ether oxygens (including phenoxy) is 1. The van der Waals surface area contributed by atoms with Crippen LogP contribution in [0.4, 0.5) is 0 Å². The summed E-state index contributed by atoms with van der Waals surface area (Å²) >= 11 is 0. The van der Waals surface area contributed by atoms with Crippen LogP contribution in [0.15, 0.2) is 0 Å². The van der Waals surface area contributed by atoms with Crippen LogP contribution in [0.2, 0.25) is 0 Å². The van der Waals surface area contributed by atoms with Gasteiger partial charge in [-0.15, -0.1) is 0 Å². The van der Waals surface area contributed by atoms with Crippen LogP contribution < -0.4 is 5.32 Å². The maximum Gasteiger partial charge on any atom is 0.0589 e. The molecule has 0 aromatic heterocycles. The standard InChI is InChI=1S/C18H38N2O/c1-15(2)19-13-18(9-7-17(5)8-10-18)14-20(16(3)4)11-12-21-6/h15-17,19H,7-14H2,1-6H3. The minimum atomic E-state index is 0.453. The van der Waals surface area contributed by atoms with Crippen molar-refractivity contribution in [1.29, 1.82) is 0 Å². The van der Waals surface area contributed by atoms with Crippen molar-refractivity contribution in [2.75, 3.05) is 33.4 Å². The molecule has 21 heavy (non-hydrogen) atoms. The van der Waals surface area contributed by atoms with E-state index >= 15 is 0 Å². The van der Waals surface area contributed by atoms with Crippen molar-refractivity contribution in [3.63, 3.8) is 0 Å². The molecule has 1 rings (SSSR count). The van der Waals surface area contributed by atoms with Crippen molar-refractivity contribution in [1.82, 2.24) is 10.2 Å². The average Bonchev–Trinajstić information content (AvgIpc) is 2.44. The molecule has 1 saturated carbocycles. The molecule has 0 radical (unpaired) electrons. The number of nitrogens with one attached hydrogen (secondary N) is 1. The molecular weight excluding hydrogens is 260 g/mol. The summed E-state index contributed by atoms with van der Waals surface area (Å²) in [7, 11) is 1.80. The van der Waals surface area contributed by atoms with E-state index in [0.717, 1.165) is 25.6 Å². The van der Waals surface area contributed by atoms with Crippen molar-refractivity contribution in [2.24, 2.45) is 11.3 Å². The van der Waals surface area contributed by atoms with Crippen molar-refractivity contribution >= 4 is 0 Å². The van der Waals surface area contributed by atoms with Crippen molar-refractivity contribution in [3.05, 3.63) is 0 Å². The number of nitrogens with zero attached hydrogens (tertiary/aromatic N) is 1. The van der Waals surface area contributed by atoms with Crippen LogP contribution in [0.25, 0.3) is 0 Å². The van der Waals surface area contributed by atoms with Crippen LogP contribution >= 0.6 is 0 Å². The van der Waals surface area contributed by atoms with Gasteiger partial charge < -0.3 is 10.1 Å². The first-order valence-electron chi connectivity index (χ1n) is 8.85. The zero-order valence-electron chi connectivity index (χ0n) is 15.2. The number of rotatable bonds is 9. The summed E-state index contributed by atoms with van der Waals surface area (Å²) < 4.78 is 5.30. The molecule has 0 aliphatic heterocycles. The van der Waals surface area contributed by atoms with Crippen molar-refractivity contribution < 1.29 is 4.74 Å². The Bertz CT molecular complexity index is 270. The molecule has 1 aliphatic rings. The van der Waals surface area contributed by atoms with Crippen LogP contribution in [0.3, 0.4) is 0 Å². The lowest BCUT2D eigenvalue weighted by Crippen LogP contribution is -2.49. The van der Waals surface area contributed by atoms with Crippen molar-refractivity contribution in [2.45, 2.75) is 72.4 Å². The van der Waals surface area contributed by atoms with Gasteiger partial charge in [0.2, 0.25) is 0 Å². The molecule has 0 heterocycles. The van der Waals surface area contributed by atoms with Gasteiger partial charge in [-0.3, -0.25) is 4.90 Å². The summed E-state index contributed by atoms with van der Waals surface area (Å²) in [5.74, 6) is 0.906.